The van der Waals surface area contributed by atoms with Gasteiger partial charge in [-0.3, -0.25) is 6.08 Å². The van der Waals surface area contributed by atoms with Crippen LogP contribution in [0.25, 0.3) is 0 Å². The first-order chi connectivity index (χ1) is 7.34. The largest absolute Gasteiger partial charge is 0.307 e. The molecule has 0 aromatic carbocycles. The quantitative estimate of drug-likeness (QED) is 0.569. The summed E-state index contributed by atoms with van der Waals surface area (Å²) in [7, 11) is 0. The Morgan fingerprint density at radius 2 is 1.62 bits per heavy atom. The molecule has 0 unspecified atom stereocenters. The maximum absolute atomic E-state index is 8.00. The third kappa shape index (κ3) is 13.0. The normalized spacial score (nSPS) is 10.6. The van der Waals surface area contributed by atoms with Crippen LogP contribution < -0.4 is 0 Å². The number of hydrogen-bond acceptors (Lipinski definition) is 3. The SMILES string of the molecule is C=O.C=O.C=O.CCCC1=[C-]CC=C1C.[Mn]. The molecule has 0 amide bonds. The molecule has 0 heterocycles. The Bertz CT molecular complexity index is 196. The molecule has 1 aliphatic rings. The first-order valence-corrected chi connectivity index (χ1v) is 4.48. The van der Waals surface area contributed by atoms with Crippen LogP contribution in [0.3, 0.4) is 0 Å². The molecule has 0 aromatic rings. The van der Waals surface area contributed by atoms with Crippen LogP contribution in [0.2, 0.25) is 0 Å². The van der Waals surface area contributed by atoms with Crippen LogP contribution in [0, 0.1) is 6.08 Å². The summed E-state index contributed by atoms with van der Waals surface area (Å²) >= 11 is 0. The monoisotopic (exact) mass is 266 g/mol. The van der Waals surface area contributed by atoms with Gasteiger partial charge in [0, 0.05) is 17.1 Å². The van der Waals surface area contributed by atoms with E-state index in [2.05, 4.69) is 26.0 Å². The fourth-order valence-electron chi connectivity index (χ4n) is 1.13. The van der Waals surface area contributed by atoms with Crippen LogP contribution in [-0.4, -0.2) is 20.4 Å². The third-order valence-corrected chi connectivity index (χ3v) is 1.70. The van der Waals surface area contributed by atoms with E-state index >= 15 is 0 Å². The molecule has 1 rings (SSSR count). The van der Waals surface area contributed by atoms with Crippen LogP contribution in [0.1, 0.15) is 33.1 Å². The Kier molecular flexibility index (Phi) is 35.9. The standard InChI is InChI=1S/C9H13.3CH2O.Mn/c1-3-5-9-7-4-6-8(9)2;3*1-2;/h6H,3-5H2,1-2H3;3*1H2;/q-1;;;;. The first kappa shape index (κ1) is 24.3. The molecule has 0 spiro atoms. The van der Waals surface area contributed by atoms with E-state index in [1.807, 2.05) is 20.4 Å². The molecule has 0 saturated heterocycles. The van der Waals surface area contributed by atoms with Gasteiger partial charge >= 0.3 is 0 Å². The molecule has 0 aliphatic heterocycles. The van der Waals surface area contributed by atoms with Crippen LogP contribution >= 0.6 is 0 Å². The van der Waals surface area contributed by atoms with Crippen LogP contribution in [-0.2, 0) is 31.5 Å². The van der Waals surface area contributed by atoms with Crippen molar-refractivity contribution in [3.05, 3.63) is 23.3 Å². The molecule has 0 fully saturated rings. The summed E-state index contributed by atoms with van der Waals surface area (Å²) in [4.78, 5) is 24.0. The molecule has 1 radical (unpaired) electrons. The Balaban J connectivity index is -0.0000000900. The topological polar surface area (TPSA) is 51.2 Å². The van der Waals surface area contributed by atoms with Crippen molar-refractivity contribution in [1.82, 2.24) is 0 Å². The molecule has 0 aromatic heterocycles. The maximum atomic E-state index is 8.00. The van der Waals surface area contributed by atoms with E-state index in [9.17, 15) is 0 Å². The first-order valence-electron chi connectivity index (χ1n) is 4.48. The van der Waals surface area contributed by atoms with Crippen molar-refractivity contribution in [2.24, 2.45) is 0 Å². The number of allylic oxidation sites excluding steroid dienone is 4. The van der Waals surface area contributed by atoms with E-state index in [1.165, 1.54) is 24.0 Å². The van der Waals surface area contributed by atoms with Gasteiger partial charge in [-0.2, -0.15) is 6.08 Å². The molecular weight excluding hydrogens is 247 g/mol. The molecule has 3 nitrogen and oxygen atoms in total. The summed E-state index contributed by atoms with van der Waals surface area (Å²) < 4.78 is 0. The average molecular weight is 266 g/mol. The van der Waals surface area contributed by atoms with E-state index in [4.69, 9.17) is 14.4 Å². The molecule has 4 heteroatoms. The van der Waals surface area contributed by atoms with Gasteiger partial charge in [-0.25, -0.2) is 11.1 Å². The number of rotatable bonds is 2. The Morgan fingerprint density at radius 1 is 1.19 bits per heavy atom. The van der Waals surface area contributed by atoms with Gasteiger partial charge < -0.3 is 14.4 Å². The van der Waals surface area contributed by atoms with Gasteiger partial charge in [0.15, 0.2) is 0 Å². The zero-order valence-corrected chi connectivity index (χ0v) is 11.1. The molecule has 0 bridgehead atoms. The van der Waals surface area contributed by atoms with Crippen molar-refractivity contribution in [2.75, 3.05) is 0 Å². The minimum absolute atomic E-state index is 0. The van der Waals surface area contributed by atoms with Crippen molar-refractivity contribution in [3.63, 3.8) is 0 Å². The predicted molar refractivity (Wildman–Crippen MR) is 61.4 cm³/mol. The van der Waals surface area contributed by atoms with E-state index in [-0.39, 0.29) is 17.1 Å². The van der Waals surface area contributed by atoms with Gasteiger partial charge in [-0.05, 0) is 0 Å². The van der Waals surface area contributed by atoms with E-state index in [0.717, 1.165) is 6.42 Å². The molecule has 0 N–H and O–H groups in total. The summed E-state index contributed by atoms with van der Waals surface area (Å²) in [6.45, 7) is 10.4. The predicted octanol–water partition coefficient (Wildman–Crippen LogP) is 2.31. The molecule has 93 valence electrons. The summed E-state index contributed by atoms with van der Waals surface area (Å²) in [5.41, 5.74) is 2.88. The van der Waals surface area contributed by atoms with Crippen molar-refractivity contribution < 1.29 is 31.5 Å². The van der Waals surface area contributed by atoms with Crippen LogP contribution in [0.4, 0.5) is 0 Å². The molecule has 1 aliphatic carbocycles. The third-order valence-electron chi connectivity index (χ3n) is 1.70. The van der Waals surface area contributed by atoms with Gasteiger partial charge in [0.25, 0.3) is 0 Å². The number of hydrogen-bond donors (Lipinski definition) is 0. The zero-order valence-electron chi connectivity index (χ0n) is 9.92. The minimum Gasteiger partial charge on any atom is -0.307 e. The Morgan fingerprint density at radius 3 is 1.88 bits per heavy atom. The summed E-state index contributed by atoms with van der Waals surface area (Å²) in [6.07, 6.45) is 9.07. The molecule has 0 atom stereocenters. The minimum atomic E-state index is 0. The van der Waals surface area contributed by atoms with E-state index < -0.39 is 0 Å². The van der Waals surface area contributed by atoms with Gasteiger partial charge in [0.2, 0.25) is 0 Å². The van der Waals surface area contributed by atoms with Crippen LogP contribution in [0.5, 0.6) is 0 Å². The second kappa shape index (κ2) is 23.7. The van der Waals surface area contributed by atoms with Gasteiger partial charge in [-0.15, -0.1) is 13.3 Å². The number of carbonyl (C=O) groups is 3. The maximum Gasteiger partial charge on any atom is 0.106 e. The second-order valence-electron chi connectivity index (χ2n) is 2.50. The smallest absolute Gasteiger partial charge is 0.106 e. The number of carbonyl (C=O) groups excluding carboxylic acids is 3. The van der Waals surface area contributed by atoms with Crippen molar-refractivity contribution in [1.29, 1.82) is 0 Å². The average Bonchev–Trinajstić information content (AvgIpc) is 2.74. The van der Waals surface area contributed by atoms with Crippen LogP contribution in [0.15, 0.2) is 17.2 Å². The summed E-state index contributed by atoms with van der Waals surface area (Å²) in [6, 6.07) is 0. The fraction of sp³-hybridized carbons (Fsp3) is 0.417. The Labute approximate surface area is 108 Å². The zero-order chi connectivity index (χ0) is 12.7. The van der Waals surface area contributed by atoms with Gasteiger partial charge in [-0.1, -0.05) is 19.8 Å². The van der Waals surface area contributed by atoms with Gasteiger partial charge in [0.1, 0.15) is 20.4 Å². The fourth-order valence-corrected chi connectivity index (χ4v) is 1.13. The molecule has 0 saturated carbocycles. The Hall–Kier alpha value is -0.991. The van der Waals surface area contributed by atoms with E-state index in [1.54, 1.807) is 0 Å². The van der Waals surface area contributed by atoms with Crippen molar-refractivity contribution in [2.45, 2.75) is 33.1 Å². The van der Waals surface area contributed by atoms with Crippen molar-refractivity contribution >= 4 is 20.4 Å². The van der Waals surface area contributed by atoms with Crippen molar-refractivity contribution in [3.8, 4) is 0 Å². The van der Waals surface area contributed by atoms with E-state index in [0.29, 0.717) is 0 Å². The second-order valence-corrected chi connectivity index (χ2v) is 2.50. The molecule has 16 heavy (non-hydrogen) atoms. The van der Waals surface area contributed by atoms with Gasteiger partial charge in [0.05, 0.1) is 0 Å². The summed E-state index contributed by atoms with van der Waals surface area (Å²) in [5, 5.41) is 0. The summed E-state index contributed by atoms with van der Waals surface area (Å²) in [5.74, 6) is 0. The molecular formula is C12H19MnO3-.